The Morgan fingerprint density at radius 2 is 1.68 bits per heavy atom. The van der Waals surface area contributed by atoms with Crippen LogP contribution in [0.1, 0.15) is 24.8 Å². The van der Waals surface area contributed by atoms with Crippen LogP contribution in [0.15, 0.2) is 65.6 Å². The molecule has 31 heavy (non-hydrogen) atoms. The van der Waals surface area contributed by atoms with Crippen molar-refractivity contribution in [2.45, 2.75) is 31.1 Å². The molecule has 0 unspecified atom stereocenters. The van der Waals surface area contributed by atoms with Gasteiger partial charge in [-0.2, -0.15) is 4.31 Å². The molecule has 6 nitrogen and oxygen atoms in total. The van der Waals surface area contributed by atoms with Crippen molar-refractivity contribution in [1.82, 2.24) is 4.31 Å². The van der Waals surface area contributed by atoms with Crippen molar-refractivity contribution in [1.29, 1.82) is 0 Å². The number of hydrogen-bond acceptors (Lipinski definition) is 4. The second-order valence-electron chi connectivity index (χ2n) is 7.87. The number of anilines is 2. The van der Waals surface area contributed by atoms with E-state index in [1.165, 1.54) is 4.31 Å². The zero-order valence-electron chi connectivity index (χ0n) is 17.6. The van der Waals surface area contributed by atoms with E-state index in [1.54, 1.807) is 18.2 Å². The van der Waals surface area contributed by atoms with E-state index in [1.807, 2.05) is 49.4 Å². The van der Waals surface area contributed by atoms with Gasteiger partial charge in [-0.15, -0.1) is 0 Å². The van der Waals surface area contributed by atoms with Crippen LogP contribution in [0.2, 0.25) is 0 Å². The molecule has 1 amide bonds. The average molecular weight is 438 g/mol. The minimum absolute atomic E-state index is 0.0799. The summed E-state index contributed by atoms with van der Waals surface area (Å²) >= 11 is 0. The molecule has 0 radical (unpaired) electrons. The quantitative estimate of drug-likeness (QED) is 0.600. The van der Waals surface area contributed by atoms with Crippen molar-refractivity contribution < 1.29 is 13.2 Å². The molecule has 1 aliphatic heterocycles. The SMILES string of the molecule is Cc1ccc(S(=O)(=O)N2CCCCC2)cc1NC(=O)CNc1cccc2ccccc12. The summed E-state index contributed by atoms with van der Waals surface area (Å²) in [6, 6.07) is 18.8. The van der Waals surface area contributed by atoms with Crippen LogP contribution in [-0.2, 0) is 14.8 Å². The minimum atomic E-state index is -3.55. The molecule has 3 aromatic carbocycles. The van der Waals surface area contributed by atoms with Crippen LogP contribution in [-0.4, -0.2) is 38.3 Å². The molecule has 1 saturated heterocycles. The number of sulfonamides is 1. The third-order valence-electron chi connectivity index (χ3n) is 5.66. The van der Waals surface area contributed by atoms with Gasteiger partial charge in [0, 0.05) is 29.9 Å². The molecule has 4 rings (SSSR count). The fraction of sp³-hybridized carbons (Fsp3) is 0.292. The Kier molecular flexibility index (Phi) is 6.25. The average Bonchev–Trinajstić information content (AvgIpc) is 2.79. The Hall–Kier alpha value is -2.90. The topological polar surface area (TPSA) is 78.5 Å². The smallest absolute Gasteiger partial charge is 0.243 e. The number of carbonyl (C=O) groups excluding carboxylic acids is 1. The van der Waals surface area contributed by atoms with Gasteiger partial charge < -0.3 is 10.6 Å². The van der Waals surface area contributed by atoms with Crippen molar-refractivity contribution in [3.05, 3.63) is 66.2 Å². The lowest BCUT2D eigenvalue weighted by atomic mass is 10.1. The first kappa shape index (κ1) is 21.3. The molecule has 0 saturated carbocycles. The van der Waals surface area contributed by atoms with Gasteiger partial charge in [0.2, 0.25) is 15.9 Å². The highest BCUT2D eigenvalue weighted by atomic mass is 32.2. The molecule has 0 bridgehead atoms. The second-order valence-corrected chi connectivity index (χ2v) is 9.81. The van der Waals surface area contributed by atoms with E-state index >= 15 is 0 Å². The van der Waals surface area contributed by atoms with Crippen LogP contribution < -0.4 is 10.6 Å². The van der Waals surface area contributed by atoms with Gasteiger partial charge in [0.1, 0.15) is 0 Å². The van der Waals surface area contributed by atoms with E-state index in [0.29, 0.717) is 18.8 Å². The first-order valence-electron chi connectivity index (χ1n) is 10.6. The molecule has 1 heterocycles. The van der Waals surface area contributed by atoms with Crippen LogP contribution in [0.3, 0.4) is 0 Å². The maximum atomic E-state index is 13.0. The number of carbonyl (C=O) groups is 1. The van der Waals surface area contributed by atoms with E-state index < -0.39 is 10.0 Å². The molecule has 1 aliphatic rings. The summed E-state index contributed by atoms with van der Waals surface area (Å²) in [4.78, 5) is 12.8. The number of piperidine rings is 1. The number of hydrogen-bond donors (Lipinski definition) is 2. The normalized spacial score (nSPS) is 15.0. The van der Waals surface area contributed by atoms with Crippen molar-refractivity contribution in [2.24, 2.45) is 0 Å². The summed E-state index contributed by atoms with van der Waals surface area (Å²) in [7, 11) is -3.55. The van der Waals surface area contributed by atoms with Gasteiger partial charge in [-0.25, -0.2) is 8.42 Å². The molecule has 162 valence electrons. The van der Waals surface area contributed by atoms with Gasteiger partial charge in [0.05, 0.1) is 11.4 Å². The minimum Gasteiger partial charge on any atom is -0.376 e. The third kappa shape index (κ3) is 4.73. The maximum Gasteiger partial charge on any atom is 0.243 e. The van der Waals surface area contributed by atoms with Gasteiger partial charge in [0.25, 0.3) is 0 Å². The lowest BCUT2D eigenvalue weighted by Crippen LogP contribution is -2.35. The van der Waals surface area contributed by atoms with E-state index in [9.17, 15) is 13.2 Å². The molecule has 0 spiro atoms. The number of nitrogens with one attached hydrogen (secondary N) is 2. The first-order chi connectivity index (χ1) is 14.9. The lowest BCUT2D eigenvalue weighted by molar-refractivity contribution is -0.114. The van der Waals surface area contributed by atoms with Gasteiger partial charge in [-0.1, -0.05) is 48.9 Å². The summed E-state index contributed by atoms with van der Waals surface area (Å²) in [5.74, 6) is -0.233. The predicted molar refractivity (Wildman–Crippen MR) is 125 cm³/mol. The highest BCUT2D eigenvalue weighted by molar-refractivity contribution is 7.89. The number of aryl methyl sites for hydroxylation is 1. The molecule has 2 N–H and O–H groups in total. The lowest BCUT2D eigenvalue weighted by Gasteiger charge is -2.26. The van der Waals surface area contributed by atoms with Gasteiger partial charge in [0.15, 0.2) is 0 Å². The molecule has 0 aliphatic carbocycles. The highest BCUT2D eigenvalue weighted by Crippen LogP contribution is 2.26. The summed E-state index contributed by atoms with van der Waals surface area (Å²) in [6.45, 7) is 3.03. The Morgan fingerprint density at radius 1 is 0.935 bits per heavy atom. The van der Waals surface area contributed by atoms with Gasteiger partial charge in [-0.05, 0) is 48.9 Å². The van der Waals surface area contributed by atoms with Crippen LogP contribution in [0.25, 0.3) is 10.8 Å². The highest BCUT2D eigenvalue weighted by Gasteiger charge is 2.26. The molecule has 1 fully saturated rings. The molecule has 3 aromatic rings. The first-order valence-corrected chi connectivity index (χ1v) is 12.0. The van der Waals surface area contributed by atoms with Gasteiger partial charge >= 0.3 is 0 Å². The Balaban J connectivity index is 1.47. The number of fused-ring (bicyclic) bond motifs is 1. The van der Waals surface area contributed by atoms with Crippen molar-refractivity contribution in [3.63, 3.8) is 0 Å². The molecule has 7 heteroatoms. The van der Waals surface area contributed by atoms with Crippen molar-refractivity contribution >= 4 is 38.1 Å². The van der Waals surface area contributed by atoms with E-state index in [2.05, 4.69) is 10.6 Å². The number of rotatable bonds is 6. The predicted octanol–water partition coefficient (Wildman–Crippen LogP) is 4.37. The molecule has 0 aromatic heterocycles. The number of amides is 1. The number of benzene rings is 3. The summed E-state index contributed by atoms with van der Waals surface area (Å²) < 4.78 is 27.5. The second kappa shape index (κ2) is 9.08. The van der Waals surface area contributed by atoms with Gasteiger partial charge in [-0.3, -0.25) is 4.79 Å². The van der Waals surface area contributed by atoms with Crippen LogP contribution in [0.5, 0.6) is 0 Å². The monoisotopic (exact) mass is 437 g/mol. The van der Waals surface area contributed by atoms with E-state index in [-0.39, 0.29) is 17.3 Å². The number of nitrogens with zero attached hydrogens (tertiary/aromatic N) is 1. The van der Waals surface area contributed by atoms with E-state index in [4.69, 9.17) is 0 Å². The Bertz CT molecular complexity index is 1200. The molecular weight excluding hydrogens is 410 g/mol. The van der Waals surface area contributed by atoms with Crippen molar-refractivity contribution in [2.75, 3.05) is 30.3 Å². The third-order valence-corrected chi connectivity index (χ3v) is 7.56. The summed E-state index contributed by atoms with van der Waals surface area (Å²) in [6.07, 6.45) is 2.83. The van der Waals surface area contributed by atoms with Crippen LogP contribution in [0.4, 0.5) is 11.4 Å². The Morgan fingerprint density at radius 3 is 2.48 bits per heavy atom. The summed E-state index contributed by atoms with van der Waals surface area (Å²) in [5.41, 5.74) is 2.21. The zero-order valence-corrected chi connectivity index (χ0v) is 18.4. The standard InChI is InChI=1S/C24H27N3O3S/c1-18-12-13-20(31(29,30)27-14-5-2-6-15-27)16-23(18)26-24(28)17-25-22-11-7-9-19-8-3-4-10-21(19)22/h3-4,7-13,16,25H,2,5-6,14-15,17H2,1H3,(H,26,28). The fourth-order valence-electron chi connectivity index (χ4n) is 3.90. The Labute approximate surface area is 183 Å². The molecule has 0 atom stereocenters. The largest absolute Gasteiger partial charge is 0.376 e. The van der Waals surface area contributed by atoms with Crippen LogP contribution >= 0.6 is 0 Å². The zero-order chi connectivity index (χ0) is 21.8. The maximum absolute atomic E-state index is 13.0. The fourth-order valence-corrected chi connectivity index (χ4v) is 5.44. The van der Waals surface area contributed by atoms with Crippen LogP contribution in [0, 0.1) is 6.92 Å². The van der Waals surface area contributed by atoms with E-state index in [0.717, 1.165) is 41.3 Å². The summed E-state index contributed by atoms with van der Waals surface area (Å²) in [5, 5.41) is 8.19. The molecular formula is C24H27N3O3S. The van der Waals surface area contributed by atoms with Crippen molar-refractivity contribution in [3.8, 4) is 0 Å².